The number of hydrogen-bond donors (Lipinski definition) is 2. The maximum atomic E-state index is 5.46. The Morgan fingerprint density at radius 3 is 2.36 bits per heavy atom. The highest BCUT2D eigenvalue weighted by atomic mass is 15.3. The van der Waals surface area contributed by atoms with Gasteiger partial charge in [0, 0.05) is 5.54 Å². The predicted molar refractivity (Wildman–Crippen MR) is 59.4 cm³/mol. The van der Waals surface area contributed by atoms with Crippen LogP contribution in [0.15, 0.2) is 0 Å². The summed E-state index contributed by atoms with van der Waals surface area (Å²) >= 11 is 0. The van der Waals surface area contributed by atoms with E-state index in [2.05, 4.69) is 30.1 Å². The molecule has 0 spiro atoms. The van der Waals surface area contributed by atoms with E-state index in [1.54, 1.807) is 0 Å². The van der Waals surface area contributed by atoms with Crippen molar-refractivity contribution < 1.29 is 0 Å². The summed E-state index contributed by atoms with van der Waals surface area (Å²) in [4.78, 5) is 2.43. The topological polar surface area (TPSA) is 41.3 Å². The van der Waals surface area contributed by atoms with E-state index in [4.69, 9.17) is 12.3 Å². The van der Waals surface area contributed by atoms with Crippen molar-refractivity contribution in [2.75, 3.05) is 13.1 Å². The minimum absolute atomic E-state index is 0.0517. The van der Waals surface area contributed by atoms with E-state index >= 15 is 0 Å². The lowest BCUT2D eigenvalue weighted by molar-refractivity contribution is 0.0775. The minimum Gasteiger partial charge on any atom is -0.296 e. The lowest BCUT2D eigenvalue weighted by Gasteiger charge is -2.43. The Labute approximate surface area is 87.0 Å². The minimum atomic E-state index is -0.0828. The number of hydrogen-bond acceptors (Lipinski definition) is 3. The maximum absolute atomic E-state index is 5.46. The fraction of sp³-hybridized carbons (Fsp3) is 0.818. The van der Waals surface area contributed by atoms with Crippen molar-refractivity contribution in [2.24, 2.45) is 5.84 Å². The van der Waals surface area contributed by atoms with Crippen LogP contribution < -0.4 is 11.3 Å². The van der Waals surface area contributed by atoms with Crippen LogP contribution in [-0.4, -0.2) is 29.6 Å². The molecule has 3 N–H and O–H groups in total. The quantitative estimate of drug-likeness (QED) is 0.396. The number of rotatable bonds is 3. The van der Waals surface area contributed by atoms with Gasteiger partial charge in [-0.3, -0.25) is 10.7 Å². The summed E-state index contributed by atoms with van der Waals surface area (Å²) in [5.74, 6) is 8.17. The Morgan fingerprint density at radius 2 is 1.93 bits per heavy atom. The van der Waals surface area contributed by atoms with Crippen LogP contribution in [-0.2, 0) is 0 Å². The fourth-order valence-corrected chi connectivity index (χ4v) is 2.11. The van der Waals surface area contributed by atoms with Gasteiger partial charge in [0.25, 0.3) is 0 Å². The van der Waals surface area contributed by atoms with Gasteiger partial charge in [0.05, 0.1) is 6.04 Å². The maximum Gasteiger partial charge on any atom is 0.0992 e. The molecule has 1 saturated heterocycles. The third-order valence-electron chi connectivity index (χ3n) is 3.21. The van der Waals surface area contributed by atoms with Gasteiger partial charge in [-0.2, -0.15) is 0 Å². The van der Waals surface area contributed by atoms with Gasteiger partial charge < -0.3 is 0 Å². The fourth-order valence-electron chi connectivity index (χ4n) is 2.11. The Morgan fingerprint density at radius 1 is 1.36 bits per heavy atom. The molecule has 1 aliphatic rings. The number of terminal acetylenes is 1. The average Bonchev–Trinajstić information content (AvgIpc) is 2.20. The molecular weight excluding hydrogens is 174 g/mol. The van der Waals surface area contributed by atoms with E-state index in [1.807, 2.05) is 0 Å². The van der Waals surface area contributed by atoms with Crippen LogP contribution in [0.1, 0.15) is 33.1 Å². The highest BCUT2D eigenvalue weighted by Gasteiger charge is 2.34. The van der Waals surface area contributed by atoms with Gasteiger partial charge in [0.1, 0.15) is 0 Å². The van der Waals surface area contributed by atoms with E-state index in [-0.39, 0.29) is 11.6 Å². The largest absolute Gasteiger partial charge is 0.296 e. The van der Waals surface area contributed by atoms with Gasteiger partial charge in [-0.1, -0.05) is 12.3 Å². The van der Waals surface area contributed by atoms with Gasteiger partial charge in [-0.05, 0) is 39.8 Å². The standard InChI is InChI=1S/C11H21N3/c1-4-10(13-12)11(2,3)14-8-6-5-7-9-14/h1,10,13H,5-9,12H2,2-3H3. The molecule has 3 nitrogen and oxygen atoms in total. The summed E-state index contributed by atoms with van der Waals surface area (Å²) in [7, 11) is 0. The Kier molecular flexibility index (Phi) is 3.94. The monoisotopic (exact) mass is 195 g/mol. The lowest BCUT2D eigenvalue weighted by Crippen LogP contribution is -2.59. The molecule has 0 saturated carbocycles. The van der Waals surface area contributed by atoms with Crippen molar-refractivity contribution in [3.05, 3.63) is 0 Å². The number of nitrogens with two attached hydrogens (primary N) is 1. The van der Waals surface area contributed by atoms with Gasteiger partial charge in [-0.25, -0.2) is 5.43 Å². The number of nitrogens with zero attached hydrogens (tertiary/aromatic N) is 1. The molecule has 1 fully saturated rings. The highest BCUT2D eigenvalue weighted by molar-refractivity contribution is 5.10. The van der Waals surface area contributed by atoms with Crippen LogP contribution in [0.2, 0.25) is 0 Å². The van der Waals surface area contributed by atoms with E-state index in [0.717, 1.165) is 13.1 Å². The van der Waals surface area contributed by atoms with Gasteiger partial charge in [0.2, 0.25) is 0 Å². The number of piperidine rings is 1. The normalized spacial score (nSPS) is 21.6. The molecule has 0 aromatic carbocycles. The third kappa shape index (κ3) is 2.27. The van der Waals surface area contributed by atoms with Crippen molar-refractivity contribution >= 4 is 0 Å². The molecule has 0 radical (unpaired) electrons. The first kappa shape index (κ1) is 11.5. The molecule has 0 aliphatic carbocycles. The van der Waals surface area contributed by atoms with Gasteiger partial charge in [0.15, 0.2) is 0 Å². The van der Waals surface area contributed by atoms with Crippen molar-refractivity contribution in [3.8, 4) is 12.3 Å². The zero-order valence-corrected chi connectivity index (χ0v) is 9.21. The molecule has 0 aromatic heterocycles. The second kappa shape index (κ2) is 4.79. The SMILES string of the molecule is C#CC(NN)C(C)(C)N1CCCCC1. The summed E-state index contributed by atoms with van der Waals surface area (Å²) in [5, 5.41) is 0. The third-order valence-corrected chi connectivity index (χ3v) is 3.21. The summed E-state index contributed by atoms with van der Waals surface area (Å²) in [6.45, 7) is 6.57. The molecule has 80 valence electrons. The van der Waals surface area contributed by atoms with Crippen molar-refractivity contribution in [3.63, 3.8) is 0 Å². The summed E-state index contributed by atoms with van der Waals surface area (Å²) in [6.07, 6.45) is 9.33. The van der Waals surface area contributed by atoms with E-state index in [1.165, 1.54) is 19.3 Å². The molecular formula is C11H21N3. The number of hydrazine groups is 1. The zero-order chi connectivity index (χ0) is 10.6. The molecule has 0 bridgehead atoms. The van der Waals surface area contributed by atoms with E-state index in [9.17, 15) is 0 Å². The van der Waals surface area contributed by atoms with Crippen LogP contribution in [0.3, 0.4) is 0 Å². The summed E-state index contributed by atoms with van der Waals surface area (Å²) in [5.41, 5.74) is 2.66. The van der Waals surface area contributed by atoms with Crippen LogP contribution in [0, 0.1) is 12.3 Å². The molecule has 14 heavy (non-hydrogen) atoms. The molecule has 1 unspecified atom stereocenters. The van der Waals surface area contributed by atoms with E-state index < -0.39 is 0 Å². The second-order valence-electron chi connectivity index (χ2n) is 4.47. The second-order valence-corrected chi connectivity index (χ2v) is 4.47. The zero-order valence-electron chi connectivity index (χ0n) is 9.21. The van der Waals surface area contributed by atoms with E-state index in [0.29, 0.717) is 0 Å². The number of nitrogens with one attached hydrogen (secondary N) is 1. The molecule has 0 amide bonds. The molecule has 1 aliphatic heterocycles. The van der Waals surface area contributed by atoms with Crippen LogP contribution in [0.4, 0.5) is 0 Å². The predicted octanol–water partition coefficient (Wildman–Crippen LogP) is 0.716. The Balaban J connectivity index is 2.66. The highest BCUT2D eigenvalue weighted by Crippen LogP contribution is 2.23. The summed E-state index contributed by atoms with van der Waals surface area (Å²) < 4.78 is 0. The smallest absolute Gasteiger partial charge is 0.0992 e. The first-order valence-electron chi connectivity index (χ1n) is 5.30. The summed E-state index contributed by atoms with van der Waals surface area (Å²) in [6, 6.07) is -0.0828. The van der Waals surface area contributed by atoms with Crippen LogP contribution >= 0.6 is 0 Å². The van der Waals surface area contributed by atoms with Crippen molar-refractivity contribution in [1.29, 1.82) is 0 Å². The number of likely N-dealkylation sites (tertiary alicyclic amines) is 1. The Bertz CT molecular complexity index is 211. The average molecular weight is 195 g/mol. The van der Waals surface area contributed by atoms with Gasteiger partial charge >= 0.3 is 0 Å². The first-order valence-corrected chi connectivity index (χ1v) is 5.30. The molecule has 1 atom stereocenters. The Hall–Kier alpha value is -0.560. The first-order chi connectivity index (χ1) is 6.62. The van der Waals surface area contributed by atoms with Crippen LogP contribution in [0.25, 0.3) is 0 Å². The van der Waals surface area contributed by atoms with Crippen molar-refractivity contribution in [1.82, 2.24) is 10.3 Å². The molecule has 3 heteroatoms. The molecule has 0 aromatic rings. The molecule has 1 heterocycles. The lowest BCUT2D eigenvalue weighted by atomic mass is 9.91. The molecule has 1 rings (SSSR count). The van der Waals surface area contributed by atoms with Crippen LogP contribution in [0.5, 0.6) is 0 Å². The van der Waals surface area contributed by atoms with Gasteiger partial charge in [-0.15, -0.1) is 6.42 Å². The van der Waals surface area contributed by atoms with Crippen molar-refractivity contribution in [2.45, 2.75) is 44.7 Å².